The van der Waals surface area contributed by atoms with Gasteiger partial charge in [-0.05, 0) is 32.4 Å². The van der Waals surface area contributed by atoms with Gasteiger partial charge >= 0.3 is 19.4 Å². The molecule has 198 valence electrons. The molecule has 2 aromatic rings. The second-order valence-corrected chi connectivity index (χ2v) is 9.97. The molecule has 0 radical (unpaired) electrons. The third-order valence-corrected chi connectivity index (χ3v) is 7.00. The summed E-state index contributed by atoms with van der Waals surface area (Å²) in [5, 5.41) is 12.3. The lowest BCUT2D eigenvalue weighted by atomic mass is 9.98. The number of carbonyl (C=O) groups is 1. The van der Waals surface area contributed by atoms with Crippen LogP contribution in [-0.4, -0.2) is 57.8 Å². The first-order chi connectivity index (χ1) is 17.0. The van der Waals surface area contributed by atoms with Crippen molar-refractivity contribution in [3.63, 3.8) is 0 Å². The molecule has 12 nitrogen and oxygen atoms in total. The van der Waals surface area contributed by atoms with Crippen molar-refractivity contribution in [2.45, 2.75) is 57.3 Å². The van der Waals surface area contributed by atoms with Gasteiger partial charge in [-0.25, -0.2) is 13.8 Å². The number of benzene rings is 1. The molecule has 1 saturated heterocycles. The number of esters is 1. The second kappa shape index (κ2) is 11.5. The lowest BCUT2D eigenvalue weighted by Crippen LogP contribution is -2.46. The Bertz CT molecular complexity index is 1200. The zero-order valence-corrected chi connectivity index (χ0v) is 20.9. The molecular weight excluding hydrogens is 500 g/mol. The van der Waals surface area contributed by atoms with Crippen molar-refractivity contribution in [3.8, 4) is 5.75 Å². The van der Waals surface area contributed by atoms with Crippen LogP contribution in [-0.2, 0) is 23.4 Å². The van der Waals surface area contributed by atoms with Gasteiger partial charge in [-0.3, -0.25) is 23.7 Å². The quantitative estimate of drug-likeness (QED) is 0.289. The van der Waals surface area contributed by atoms with Gasteiger partial charge in [-0.2, -0.15) is 5.09 Å². The van der Waals surface area contributed by atoms with Crippen molar-refractivity contribution < 1.29 is 37.4 Å². The number of H-pyrrole nitrogens is 1. The Labute approximate surface area is 205 Å². The van der Waals surface area contributed by atoms with Crippen molar-refractivity contribution in [1.82, 2.24) is 14.6 Å². The summed E-state index contributed by atoms with van der Waals surface area (Å²) < 4.78 is 52.6. The highest BCUT2D eigenvalue weighted by Crippen LogP contribution is 2.52. The van der Waals surface area contributed by atoms with Crippen LogP contribution in [0.25, 0.3) is 0 Å². The zero-order chi connectivity index (χ0) is 26.5. The van der Waals surface area contributed by atoms with Gasteiger partial charge in [0.15, 0.2) is 11.9 Å². The van der Waals surface area contributed by atoms with Gasteiger partial charge < -0.3 is 19.1 Å². The van der Waals surface area contributed by atoms with Gasteiger partial charge in [-0.1, -0.05) is 25.1 Å². The van der Waals surface area contributed by atoms with Crippen LogP contribution in [0.1, 0.15) is 33.4 Å². The molecule has 1 aliphatic rings. The summed E-state index contributed by atoms with van der Waals surface area (Å²) in [6.45, 7) is 3.57. The third kappa shape index (κ3) is 6.29. The van der Waals surface area contributed by atoms with Gasteiger partial charge in [0.2, 0.25) is 0 Å². The van der Waals surface area contributed by atoms with Crippen molar-refractivity contribution in [2.75, 3.05) is 13.2 Å². The molecule has 0 spiro atoms. The summed E-state index contributed by atoms with van der Waals surface area (Å²) >= 11 is 0. The summed E-state index contributed by atoms with van der Waals surface area (Å²) in [4.78, 5) is 38.0. The lowest BCUT2D eigenvalue weighted by Gasteiger charge is -2.31. The minimum Gasteiger partial charge on any atom is -0.465 e. The summed E-state index contributed by atoms with van der Waals surface area (Å²) in [6, 6.07) is 7.67. The number of hydrogen-bond acceptors (Lipinski definition) is 9. The molecule has 0 bridgehead atoms. The highest BCUT2D eigenvalue weighted by atomic mass is 31.2. The third-order valence-electron chi connectivity index (χ3n) is 5.34. The topological polar surface area (TPSA) is 158 Å². The number of aromatic amines is 1. The van der Waals surface area contributed by atoms with Crippen LogP contribution in [0.3, 0.4) is 0 Å². The average molecular weight is 529 g/mol. The Kier molecular flexibility index (Phi) is 8.85. The molecule has 3 rings (SSSR count). The van der Waals surface area contributed by atoms with E-state index in [2.05, 4.69) is 5.09 Å². The summed E-state index contributed by atoms with van der Waals surface area (Å²) in [6.07, 6.45) is -3.17. The highest BCUT2D eigenvalue weighted by molar-refractivity contribution is 7.52. The number of hydrogen-bond donors (Lipinski definition) is 3. The van der Waals surface area contributed by atoms with Gasteiger partial charge in [0.25, 0.3) is 5.56 Å². The lowest BCUT2D eigenvalue weighted by molar-refractivity contribution is -0.145. The Balaban J connectivity index is 1.94. The van der Waals surface area contributed by atoms with E-state index in [1.165, 1.54) is 19.1 Å². The first-order valence-electron chi connectivity index (χ1n) is 11.2. The van der Waals surface area contributed by atoms with Crippen molar-refractivity contribution in [2.24, 2.45) is 0 Å². The van der Waals surface area contributed by atoms with E-state index in [0.717, 1.165) is 23.8 Å². The summed E-state index contributed by atoms with van der Waals surface area (Å²) in [5.41, 5.74) is -4.21. The van der Waals surface area contributed by atoms with E-state index < -0.39 is 61.7 Å². The molecule has 1 aromatic carbocycles. The van der Waals surface area contributed by atoms with Crippen molar-refractivity contribution >= 4 is 13.7 Å². The van der Waals surface area contributed by atoms with Crippen LogP contribution in [0.15, 0.2) is 52.2 Å². The van der Waals surface area contributed by atoms with E-state index in [0.29, 0.717) is 6.42 Å². The molecule has 2 heterocycles. The van der Waals surface area contributed by atoms with Gasteiger partial charge in [-0.15, -0.1) is 0 Å². The monoisotopic (exact) mass is 529 g/mol. The van der Waals surface area contributed by atoms with Crippen LogP contribution >= 0.6 is 7.75 Å². The number of rotatable bonds is 11. The maximum Gasteiger partial charge on any atom is 0.459 e. The largest absolute Gasteiger partial charge is 0.465 e. The Morgan fingerprint density at radius 3 is 2.64 bits per heavy atom. The molecule has 1 fully saturated rings. The highest BCUT2D eigenvalue weighted by Gasteiger charge is 2.59. The molecule has 14 heteroatoms. The van der Waals surface area contributed by atoms with Gasteiger partial charge in [0, 0.05) is 12.3 Å². The average Bonchev–Trinajstić information content (AvgIpc) is 3.07. The van der Waals surface area contributed by atoms with Crippen LogP contribution in [0.5, 0.6) is 5.75 Å². The first kappa shape index (κ1) is 27.8. The molecule has 6 atom stereocenters. The number of nitrogens with one attached hydrogen (secondary N) is 2. The number of aromatic nitrogens is 2. The molecule has 36 heavy (non-hydrogen) atoms. The van der Waals surface area contributed by atoms with E-state index in [1.807, 2.05) is 4.98 Å². The van der Waals surface area contributed by atoms with E-state index in [1.54, 1.807) is 25.1 Å². The number of halogens is 1. The molecule has 0 saturated carbocycles. The number of nitrogens with zero attached hydrogens (tertiary/aromatic N) is 1. The Morgan fingerprint density at radius 2 is 2.03 bits per heavy atom. The Morgan fingerprint density at radius 1 is 1.33 bits per heavy atom. The van der Waals surface area contributed by atoms with Gasteiger partial charge in [0.1, 0.15) is 24.0 Å². The fraction of sp³-hybridized carbons (Fsp3) is 0.500. The number of ether oxygens (including phenoxy) is 2. The molecule has 1 aliphatic heterocycles. The maximum atomic E-state index is 16.2. The minimum atomic E-state index is -4.53. The fourth-order valence-corrected chi connectivity index (χ4v) is 5.38. The first-order valence-corrected chi connectivity index (χ1v) is 12.8. The summed E-state index contributed by atoms with van der Waals surface area (Å²) in [5.74, 6) is -0.643. The van der Waals surface area contributed by atoms with Crippen molar-refractivity contribution in [1.29, 1.82) is 0 Å². The number of aliphatic hydroxyl groups excluding tert-OH is 1. The Hall–Kier alpha value is -2.83. The van der Waals surface area contributed by atoms with Crippen LogP contribution < -0.4 is 20.9 Å². The molecule has 3 N–H and O–H groups in total. The second-order valence-electron chi connectivity index (χ2n) is 8.32. The van der Waals surface area contributed by atoms with E-state index in [4.69, 9.17) is 18.5 Å². The number of carbonyl (C=O) groups excluding carboxylic acids is 1. The standard InChI is InChI=1S/C22H29FN3O9P/c1-4-12-32-19(29)14(2)25-36(31,34-15-8-6-5-7-9-15)35-18-16(13-27)33-20(22(18,3)23)26-11-10-17(28)24-21(26)30/h5-11,14,16,18,20,27H,4,12-13H2,1-3H3,(H,25,31)(H,24,28,30)/t14?,16-,18-,20+,22-,36+/m1/s1. The molecular formula is C22H29FN3O9P. The predicted octanol–water partition coefficient (Wildman–Crippen LogP) is 1.66. The number of aliphatic hydroxyl groups is 1. The smallest absolute Gasteiger partial charge is 0.459 e. The normalized spacial score (nSPS) is 26.2. The van der Waals surface area contributed by atoms with Crippen LogP contribution in [0, 0.1) is 0 Å². The van der Waals surface area contributed by atoms with Crippen LogP contribution in [0.2, 0.25) is 0 Å². The van der Waals surface area contributed by atoms with Gasteiger partial charge in [0.05, 0.1) is 13.2 Å². The predicted molar refractivity (Wildman–Crippen MR) is 125 cm³/mol. The minimum absolute atomic E-state index is 0.0934. The SMILES string of the molecule is CCCOC(=O)C(C)N[P@](=O)(Oc1ccccc1)O[C@@H]1[C@@H](CO)O[C@H](n2ccc(=O)[nH]c2=O)[C@]1(C)F. The van der Waals surface area contributed by atoms with E-state index in [9.17, 15) is 24.1 Å². The molecule has 0 amide bonds. The van der Waals surface area contributed by atoms with Crippen molar-refractivity contribution in [3.05, 3.63) is 63.4 Å². The maximum absolute atomic E-state index is 16.2. The van der Waals surface area contributed by atoms with E-state index in [-0.39, 0.29) is 12.4 Å². The zero-order valence-electron chi connectivity index (χ0n) is 20.0. The number of alkyl halides is 1. The van der Waals surface area contributed by atoms with Crippen LogP contribution in [0.4, 0.5) is 4.39 Å². The molecule has 0 aliphatic carbocycles. The fourth-order valence-electron chi connectivity index (χ4n) is 3.60. The number of para-hydroxylation sites is 1. The van der Waals surface area contributed by atoms with E-state index >= 15 is 4.39 Å². The molecule has 1 unspecified atom stereocenters. The molecule has 1 aromatic heterocycles. The summed E-state index contributed by atoms with van der Waals surface area (Å²) in [7, 11) is -4.53.